The average molecular weight is 970 g/mol. The molecule has 10 rings (SSSR count). The molecule has 0 radical (unpaired) electrons. The van der Waals surface area contributed by atoms with E-state index in [1.54, 1.807) is 76.3 Å². The van der Waals surface area contributed by atoms with Gasteiger partial charge in [-0.3, -0.25) is 0 Å². The number of nitrogens with zero attached hydrogens (tertiary/aromatic N) is 10. The predicted octanol–water partition coefficient (Wildman–Crippen LogP) is 6.85. The number of aliphatic hydroxyl groups excluding tert-OH is 2. The first-order valence-corrected chi connectivity index (χ1v) is 22.4. The van der Waals surface area contributed by atoms with E-state index in [9.17, 15) is 14.7 Å². The number of imidazole rings is 2. The number of benzene rings is 2. The minimum atomic E-state index is -0.400. The summed E-state index contributed by atoms with van der Waals surface area (Å²) >= 11 is 3.47. The molecule has 0 spiro atoms. The lowest BCUT2D eigenvalue weighted by Gasteiger charge is -2.24. The number of esters is 2. The van der Waals surface area contributed by atoms with Crippen molar-refractivity contribution in [3.63, 3.8) is 0 Å². The van der Waals surface area contributed by atoms with Gasteiger partial charge in [0.1, 0.15) is 23.3 Å². The highest BCUT2D eigenvalue weighted by atomic mass is 79.9. The Balaban J connectivity index is 0.000000151. The number of methoxy groups -OCH3 is 2. The molecule has 2 aromatic carbocycles. The van der Waals surface area contributed by atoms with Crippen LogP contribution < -0.4 is 20.9 Å². The Morgan fingerprint density at radius 3 is 1.79 bits per heavy atom. The Morgan fingerprint density at radius 2 is 1.22 bits per heavy atom. The fourth-order valence-corrected chi connectivity index (χ4v) is 8.56. The third-order valence-corrected chi connectivity index (χ3v) is 11.9. The highest BCUT2D eigenvalue weighted by Gasteiger charge is 2.26. The summed E-state index contributed by atoms with van der Waals surface area (Å²) in [6, 6.07) is 29.8. The molecule has 2 fully saturated rings. The zero-order valence-electron chi connectivity index (χ0n) is 36.8. The number of rotatable bonds is 10. The highest BCUT2D eigenvalue weighted by molar-refractivity contribution is 9.10. The van der Waals surface area contributed by atoms with Gasteiger partial charge in [0.15, 0.2) is 11.3 Å². The van der Waals surface area contributed by atoms with Crippen molar-refractivity contribution < 1.29 is 29.3 Å². The molecular formula is C48H49BrN12O6. The average Bonchev–Trinajstić information content (AvgIpc) is 4.22. The Kier molecular flexibility index (Phi) is 14.6. The molecule has 5 N–H and O–H groups in total. The predicted molar refractivity (Wildman–Crippen MR) is 258 cm³/mol. The first kappa shape index (κ1) is 46.1. The topological polar surface area (TPSA) is 224 Å². The van der Waals surface area contributed by atoms with Gasteiger partial charge in [0, 0.05) is 49.0 Å². The maximum absolute atomic E-state index is 12.0. The lowest BCUT2D eigenvalue weighted by molar-refractivity contribution is 0.0592. The van der Waals surface area contributed by atoms with Crippen molar-refractivity contribution in [3.05, 3.63) is 137 Å². The molecule has 0 aliphatic carbocycles. The monoisotopic (exact) mass is 968 g/mol. The van der Waals surface area contributed by atoms with Crippen LogP contribution in [0.25, 0.3) is 33.8 Å². The molecule has 6 aromatic heterocycles. The Morgan fingerprint density at radius 1 is 0.701 bits per heavy atom. The third-order valence-electron chi connectivity index (χ3n) is 11.3. The Labute approximate surface area is 394 Å². The molecule has 0 bridgehead atoms. The maximum atomic E-state index is 12.0. The van der Waals surface area contributed by atoms with Crippen LogP contribution in [0.2, 0.25) is 0 Å². The van der Waals surface area contributed by atoms with Crippen molar-refractivity contribution in [2.75, 3.05) is 61.4 Å². The molecule has 2 atom stereocenters. The number of halogens is 1. The van der Waals surface area contributed by atoms with Crippen LogP contribution in [-0.2, 0) is 9.47 Å². The number of nitrogens with two attached hydrogens (primary N) is 1. The number of carbonyl (C=O) groups is 2. The second-order valence-electron chi connectivity index (χ2n) is 15.6. The quantitative estimate of drug-likeness (QED) is 0.103. The van der Waals surface area contributed by atoms with Crippen LogP contribution >= 0.6 is 15.9 Å². The number of pyridine rings is 2. The number of nitrogen functional groups attached to an aromatic ring is 1. The molecule has 344 valence electrons. The summed E-state index contributed by atoms with van der Waals surface area (Å²) < 4.78 is 13.8. The van der Waals surface area contributed by atoms with E-state index in [2.05, 4.69) is 56.2 Å². The van der Waals surface area contributed by atoms with Crippen LogP contribution in [0.1, 0.15) is 46.4 Å². The maximum Gasteiger partial charge on any atom is 0.337 e. The fraction of sp³-hybridized carbons (Fsp3) is 0.250. The fourth-order valence-electron chi connectivity index (χ4n) is 8.06. The zero-order chi connectivity index (χ0) is 46.9. The van der Waals surface area contributed by atoms with Crippen molar-refractivity contribution in [2.45, 2.75) is 37.8 Å². The van der Waals surface area contributed by atoms with E-state index >= 15 is 0 Å². The molecule has 8 aromatic rings. The molecule has 2 unspecified atom stereocenters. The first-order valence-electron chi connectivity index (χ1n) is 21.6. The lowest BCUT2D eigenvalue weighted by Crippen LogP contribution is -2.32. The van der Waals surface area contributed by atoms with Gasteiger partial charge in [0.25, 0.3) is 0 Å². The summed E-state index contributed by atoms with van der Waals surface area (Å²) in [5.41, 5.74) is 11.7. The van der Waals surface area contributed by atoms with E-state index in [-0.39, 0.29) is 31.3 Å². The molecule has 67 heavy (non-hydrogen) atoms. The molecule has 2 aliphatic heterocycles. The number of aromatic nitrogens is 8. The van der Waals surface area contributed by atoms with Gasteiger partial charge < -0.3 is 40.5 Å². The molecule has 18 nitrogen and oxygen atoms in total. The van der Waals surface area contributed by atoms with Crippen LogP contribution in [0.3, 0.4) is 0 Å². The lowest BCUT2D eigenvalue weighted by atomic mass is 10.1. The number of carbonyl (C=O) groups excluding carboxylic acids is 2. The highest BCUT2D eigenvalue weighted by Crippen LogP contribution is 2.30. The van der Waals surface area contributed by atoms with Crippen molar-refractivity contribution in [1.29, 1.82) is 0 Å². The minimum absolute atomic E-state index is 0.0985. The second kappa shape index (κ2) is 21.2. The summed E-state index contributed by atoms with van der Waals surface area (Å²) in [7, 11) is 2.72. The minimum Gasteiger partial charge on any atom is -0.465 e. The Hall–Kier alpha value is -7.48. The Bertz CT molecular complexity index is 3000. The van der Waals surface area contributed by atoms with Gasteiger partial charge in [-0.2, -0.15) is 10.2 Å². The molecule has 8 heterocycles. The summed E-state index contributed by atoms with van der Waals surface area (Å²) in [6.45, 7) is 2.15. The number of anilines is 5. The SMILES string of the molecule is COC(=O)c1cccc(-c2cc(Br)c3nccn3n2)c1.COC(=O)c1cccc(-c2cc(Nc3cccc(N4CCCC4CO)n3)c3nccn3n2)c1.Nc1cccc(N2CCCC2CO)n1. The van der Waals surface area contributed by atoms with Gasteiger partial charge in [-0.15, -0.1) is 0 Å². The summed E-state index contributed by atoms with van der Waals surface area (Å²) in [4.78, 5) is 45.4. The number of ether oxygens (including phenoxy) is 2. The van der Waals surface area contributed by atoms with E-state index in [0.29, 0.717) is 34.1 Å². The molecule has 2 aliphatic rings. The van der Waals surface area contributed by atoms with E-state index in [1.807, 2.05) is 54.6 Å². The van der Waals surface area contributed by atoms with E-state index in [4.69, 9.17) is 25.3 Å². The number of hydrogen-bond donors (Lipinski definition) is 4. The van der Waals surface area contributed by atoms with E-state index in [1.165, 1.54) is 14.2 Å². The van der Waals surface area contributed by atoms with Gasteiger partial charge in [-0.1, -0.05) is 36.4 Å². The number of nitrogens with one attached hydrogen (secondary N) is 1. The normalized spacial score (nSPS) is 15.4. The van der Waals surface area contributed by atoms with Crippen LogP contribution in [0.4, 0.5) is 29.0 Å². The molecule has 0 amide bonds. The number of hydrogen-bond acceptors (Lipinski definition) is 16. The van der Waals surface area contributed by atoms with Crippen LogP contribution in [-0.4, -0.2) is 114 Å². The zero-order valence-corrected chi connectivity index (χ0v) is 38.4. The van der Waals surface area contributed by atoms with Crippen LogP contribution in [0.5, 0.6) is 0 Å². The van der Waals surface area contributed by atoms with Gasteiger partial charge in [0.05, 0.1) is 72.2 Å². The molecule has 2 saturated heterocycles. The summed E-state index contributed by atoms with van der Waals surface area (Å²) in [6.07, 6.45) is 11.1. The van der Waals surface area contributed by atoms with Crippen LogP contribution in [0.15, 0.2) is 126 Å². The molecule has 19 heteroatoms. The van der Waals surface area contributed by atoms with Gasteiger partial charge in [-0.25, -0.2) is 38.6 Å². The van der Waals surface area contributed by atoms with Gasteiger partial charge in [-0.05, 0) is 102 Å². The van der Waals surface area contributed by atoms with E-state index < -0.39 is 5.97 Å². The summed E-state index contributed by atoms with van der Waals surface area (Å²) in [5, 5.41) is 31.3. The standard InChI is InChI=1S/C24H24N6O3.C14H10BrN3O2.C10H15N3O/c1-33-24(32)17-6-2-5-16(13-17)19-14-20(23-25-10-12-30(23)28-19)26-21-8-3-9-22(27-21)29-11-4-7-18(29)15-31;1-20-14(19)10-4-2-3-9(7-10)12-8-11(15)13-16-5-6-18(13)17-12;11-9-4-1-5-10(12-9)13-6-2-3-8(13)7-14/h2-3,5-6,8-10,12-14,18,31H,4,7,11,15H2,1H3,(H,26,27);2-8H,1H3;1,4-5,8,14H,2-3,6-7H2,(H2,11,12). The van der Waals surface area contributed by atoms with Crippen molar-refractivity contribution in [2.24, 2.45) is 0 Å². The van der Waals surface area contributed by atoms with Crippen LogP contribution in [0, 0.1) is 0 Å². The van der Waals surface area contributed by atoms with Crippen molar-refractivity contribution in [1.82, 2.24) is 39.2 Å². The van der Waals surface area contributed by atoms with Gasteiger partial charge in [0.2, 0.25) is 0 Å². The third kappa shape index (κ3) is 10.6. The second-order valence-corrected chi connectivity index (χ2v) is 16.5. The van der Waals surface area contributed by atoms with Crippen molar-refractivity contribution >= 4 is 68.1 Å². The number of fused-ring (bicyclic) bond motifs is 2. The number of aliphatic hydroxyl groups is 2. The van der Waals surface area contributed by atoms with E-state index in [0.717, 1.165) is 83.0 Å². The summed E-state index contributed by atoms with van der Waals surface area (Å²) in [5.74, 6) is 2.14. The molecule has 0 saturated carbocycles. The first-order chi connectivity index (χ1) is 32.7. The van der Waals surface area contributed by atoms with Crippen molar-refractivity contribution in [3.8, 4) is 22.5 Å². The smallest absolute Gasteiger partial charge is 0.337 e. The largest absolute Gasteiger partial charge is 0.465 e. The van der Waals surface area contributed by atoms with Gasteiger partial charge >= 0.3 is 11.9 Å². The molecular weight excluding hydrogens is 921 g/mol.